The molecule has 0 atom stereocenters. The molecule has 0 radical (unpaired) electrons. The van der Waals surface area contributed by atoms with Gasteiger partial charge in [-0.15, -0.1) is 6.42 Å². The van der Waals surface area contributed by atoms with Gasteiger partial charge in [0.15, 0.2) is 0 Å². The molecule has 1 N–H and O–H groups in total. The molecule has 0 aliphatic rings. The van der Waals surface area contributed by atoms with Crippen LogP contribution in [0.4, 0.5) is 5.69 Å². The van der Waals surface area contributed by atoms with Gasteiger partial charge in [0.2, 0.25) is 0 Å². The van der Waals surface area contributed by atoms with Crippen LogP contribution in [0, 0.1) is 23.7 Å². The first-order valence-electron chi connectivity index (χ1n) is 7.08. The van der Waals surface area contributed by atoms with Crippen LogP contribution in [0.3, 0.4) is 0 Å². The molecule has 124 valence electrons. The predicted molar refractivity (Wildman–Crippen MR) is 99.5 cm³/mol. The molecule has 0 unspecified atom stereocenters. The van der Waals surface area contributed by atoms with Gasteiger partial charge in [-0.2, -0.15) is 5.26 Å². The number of terminal acetylenes is 1. The van der Waals surface area contributed by atoms with Crippen LogP contribution >= 0.6 is 23.2 Å². The summed E-state index contributed by atoms with van der Waals surface area (Å²) >= 11 is 12.1. The molecule has 0 saturated carbocycles. The zero-order valence-corrected chi connectivity index (χ0v) is 14.4. The summed E-state index contributed by atoms with van der Waals surface area (Å²) in [6.45, 7) is 0.0958. The molecule has 2 aromatic carbocycles. The van der Waals surface area contributed by atoms with E-state index in [1.165, 1.54) is 6.08 Å². The maximum atomic E-state index is 12.3. The van der Waals surface area contributed by atoms with Crippen molar-refractivity contribution < 1.29 is 9.53 Å². The van der Waals surface area contributed by atoms with Crippen molar-refractivity contribution in [2.75, 3.05) is 11.9 Å². The molecule has 6 heteroatoms. The minimum atomic E-state index is -0.570. The number of benzene rings is 2. The van der Waals surface area contributed by atoms with Crippen molar-refractivity contribution in [2.45, 2.75) is 0 Å². The van der Waals surface area contributed by atoms with Crippen LogP contribution in [0.1, 0.15) is 5.56 Å². The molecule has 0 bridgehead atoms. The lowest BCUT2D eigenvalue weighted by Crippen LogP contribution is -2.13. The standard InChI is InChI=1S/C19H12Cl2N2O2/c1-2-9-25-18-8-7-13(11-16(18)21)10-14(12-22)19(24)23-17-6-4-3-5-15(17)20/h1,3-8,10-11H,9H2,(H,23,24)/b14-10+. The zero-order valence-electron chi connectivity index (χ0n) is 12.9. The van der Waals surface area contributed by atoms with E-state index in [1.54, 1.807) is 42.5 Å². The van der Waals surface area contributed by atoms with Gasteiger partial charge in [0.05, 0.1) is 15.7 Å². The number of nitriles is 1. The fourth-order valence-electron chi connectivity index (χ4n) is 1.91. The lowest BCUT2D eigenvalue weighted by molar-refractivity contribution is -0.112. The number of carbonyl (C=O) groups is 1. The molecule has 0 aromatic heterocycles. The third-order valence-electron chi connectivity index (χ3n) is 3.07. The molecule has 2 rings (SSSR count). The summed E-state index contributed by atoms with van der Waals surface area (Å²) in [6, 6.07) is 13.5. The topological polar surface area (TPSA) is 62.1 Å². The minimum Gasteiger partial charge on any atom is -0.479 e. The number of hydrogen-bond acceptors (Lipinski definition) is 3. The number of halogens is 2. The van der Waals surface area contributed by atoms with Gasteiger partial charge in [-0.1, -0.05) is 47.3 Å². The highest BCUT2D eigenvalue weighted by molar-refractivity contribution is 6.34. The molecule has 0 spiro atoms. The van der Waals surface area contributed by atoms with Crippen molar-refractivity contribution in [3.8, 4) is 24.2 Å². The van der Waals surface area contributed by atoms with Gasteiger partial charge >= 0.3 is 0 Å². The van der Waals surface area contributed by atoms with Crippen LogP contribution in [0.15, 0.2) is 48.0 Å². The Balaban J connectivity index is 2.21. The Morgan fingerprint density at radius 3 is 2.64 bits per heavy atom. The van der Waals surface area contributed by atoms with E-state index in [2.05, 4.69) is 11.2 Å². The third kappa shape index (κ3) is 5.02. The van der Waals surface area contributed by atoms with Gasteiger partial charge < -0.3 is 10.1 Å². The smallest absolute Gasteiger partial charge is 0.266 e. The number of amides is 1. The molecular formula is C19H12Cl2N2O2. The van der Waals surface area contributed by atoms with Gasteiger partial charge in [0, 0.05) is 0 Å². The van der Waals surface area contributed by atoms with E-state index in [1.807, 2.05) is 6.07 Å². The van der Waals surface area contributed by atoms with Gasteiger partial charge in [0.1, 0.15) is 24.0 Å². The van der Waals surface area contributed by atoms with Crippen molar-refractivity contribution in [3.05, 3.63) is 63.6 Å². The minimum absolute atomic E-state index is 0.0896. The third-order valence-corrected chi connectivity index (χ3v) is 3.69. The summed E-state index contributed by atoms with van der Waals surface area (Å²) in [7, 11) is 0. The van der Waals surface area contributed by atoms with Gasteiger partial charge in [-0.05, 0) is 35.9 Å². The van der Waals surface area contributed by atoms with E-state index in [0.717, 1.165) is 0 Å². The zero-order chi connectivity index (χ0) is 18.2. The van der Waals surface area contributed by atoms with Gasteiger partial charge in [-0.25, -0.2) is 0 Å². The van der Waals surface area contributed by atoms with E-state index in [9.17, 15) is 10.1 Å². The lowest BCUT2D eigenvalue weighted by atomic mass is 10.1. The average Bonchev–Trinajstić information content (AvgIpc) is 2.60. The second-order valence-electron chi connectivity index (χ2n) is 4.79. The van der Waals surface area contributed by atoms with Crippen molar-refractivity contribution in [1.29, 1.82) is 5.26 Å². The van der Waals surface area contributed by atoms with Gasteiger partial charge in [0.25, 0.3) is 5.91 Å². The van der Waals surface area contributed by atoms with Crippen LogP contribution < -0.4 is 10.1 Å². The second kappa shape index (κ2) is 8.80. The molecule has 0 aliphatic heterocycles. The van der Waals surface area contributed by atoms with Crippen LogP contribution in [0.5, 0.6) is 5.75 Å². The van der Waals surface area contributed by atoms with Crippen molar-refractivity contribution in [3.63, 3.8) is 0 Å². The Labute approximate surface area is 155 Å². The first kappa shape index (κ1) is 18.4. The largest absolute Gasteiger partial charge is 0.479 e. The normalized spacial score (nSPS) is 10.5. The summed E-state index contributed by atoms with van der Waals surface area (Å²) in [4.78, 5) is 12.3. The van der Waals surface area contributed by atoms with Crippen molar-refractivity contribution in [2.24, 2.45) is 0 Å². The fourth-order valence-corrected chi connectivity index (χ4v) is 2.34. The van der Waals surface area contributed by atoms with Crippen molar-refractivity contribution in [1.82, 2.24) is 0 Å². The Morgan fingerprint density at radius 2 is 2.00 bits per heavy atom. The Morgan fingerprint density at radius 1 is 1.24 bits per heavy atom. The number of rotatable bonds is 5. The molecular weight excluding hydrogens is 359 g/mol. The van der Waals surface area contributed by atoms with Crippen molar-refractivity contribution >= 4 is 40.9 Å². The average molecular weight is 371 g/mol. The van der Waals surface area contributed by atoms with Crippen LogP contribution in [0.25, 0.3) is 6.08 Å². The van der Waals surface area contributed by atoms with Crippen LogP contribution in [0.2, 0.25) is 10.0 Å². The number of carbonyl (C=O) groups excluding carboxylic acids is 1. The highest BCUT2D eigenvalue weighted by atomic mass is 35.5. The summed E-state index contributed by atoms with van der Waals surface area (Å²) in [6.07, 6.45) is 6.55. The fraction of sp³-hybridized carbons (Fsp3) is 0.0526. The Bertz CT molecular complexity index is 908. The molecule has 0 heterocycles. The van der Waals surface area contributed by atoms with E-state index in [0.29, 0.717) is 27.0 Å². The number of anilines is 1. The van der Waals surface area contributed by atoms with E-state index < -0.39 is 5.91 Å². The maximum Gasteiger partial charge on any atom is 0.266 e. The second-order valence-corrected chi connectivity index (χ2v) is 5.60. The van der Waals surface area contributed by atoms with Crippen LogP contribution in [-0.2, 0) is 4.79 Å². The molecule has 2 aromatic rings. The maximum absolute atomic E-state index is 12.3. The highest BCUT2D eigenvalue weighted by Gasteiger charge is 2.12. The quantitative estimate of drug-likeness (QED) is 0.477. The summed E-state index contributed by atoms with van der Waals surface area (Å²) in [5, 5.41) is 12.6. The molecule has 4 nitrogen and oxygen atoms in total. The first-order chi connectivity index (χ1) is 12.0. The van der Waals surface area contributed by atoms with Gasteiger partial charge in [-0.3, -0.25) is 4.79 Å². The number of nitrogens with one attached hydrogen (secondary N) is 1. The van der Waals surface area contributed by atoms with E-state index in [4.69, 9.17) is 34.4 Å². The van der Waals surface area contributed by atoms with E-state index >= 15 is 0 Å². The molecule has 1 amide bonds. The van der Waals surface area contributed by atoms with Crippen LogP contribution in [-0.4, -0.2) is 12.5 Å². The summed E-state index contributed by atoms with van der Waals surface area (Å²) in [5.41, 5.74) is 0.906. The summed E-state index contributed by atoms with van der Waals surface area (Å²) in [5.74, 6) is 2.20. The molecule has 25 heavy (non-hydrogen) atoms. The Kier molecular flexibility index (Phi) is 6.48. The highest BCUT2D eigenvalue weighted by Crippen LogP contribution is 2.27. The Hall–Kier alpha value is -2.92. The summed E-state index contributed by atoms with van der Waals surface area (Å²) < 4.78 is 5.26. The number of para-hydroxylation sites is 1. The molecule has 0 aliphatic carbocycles. The predicted octanol–water partition coefficient (Wildman–Crippen LogP) is 4.55. The molecule has 0 saturated heterocycles. The number of hydrogen-bond donors (Lipinski definition) is 1. The number of nitrogens with zero attached hydrogens (tertiary/aromatic N) is 1. The van der Waals surface area contributed by atoms with E-state index in [-0.39, 0.29) is 12.2 Å². The SMILES string of the molecule is C#CCOc1ccc(/C=C(\C#N)C(=O)Nc2ccccc2Cl)cc1Cl. The lowest BCUT2D eigenvalue weighted by Gasteiger charge is -2.07. The molecule has 0 fully saturated rings. The first-order valence-corrected chi connectivity index (χ1v) is 7.84. The number of ether oxygens (including phenoxy) is 1. The monoisotopic (exact) mass is 370 g/mol.